The second kappa shape index (κ2) is 6.67. The standard InChI is InChI=1S/C14H16N4O3/c15-12(9-4-2-1-3-5-9)13(19)18-11(14(20)21)6-10-7-16-8-17-10/h1-5,7-8,11-12H,6,15H2,(H,16,17)(H,18,19)(H,20,21)/t11?,12-/m0/s1. The Bertz CT molecular complexity index is 598. The molecule has 0 radical (unpaired) electrons. The maximum atomic E-state index is 12.1. The topological polar surface area (TPSA) is 121 Å². The van der Waals surface area contributed by atoms with Crippen LogP contribution in [0.25, 0.3) is 0 Å². The van der Waals surface area contributed by atoms with Gasteiger partial charge in [-0.25, -0.2) is 9.78 Å². The summed E-state index contributed by atoms with van der Waals surface area (Å²) in [5.41, 5.74) is 7.08. The molecule has 0 fully saturated rings. The number of amides is 1. The zero-order chi connectivity index (χ0) is 15.2. The molecule has 7 nitrogen and oxygen atoms in total. The van der Waals surface area contributed by atoms with Gasteiger partial charge in [0.05, 0.1) is 6.33 Å². The van der Waals surface area contributed by atoms with Gasteiger partial charge in [-0.2, -0.15) is 0 Å². The van der Waals surface area contributed by atoms with E-state index in [9.17, 15) is 14.7 Å². The zero-order valence-electron chi connectivity index (χ0n) is 11.2. The van der Waals surface area contributed by atoms with Crippen LogP contribution in [0.1, 0.15) is 17.3 Å². The fourth-order valence-electron chi connectivity index (χ4n) is 1.89. The van der Waals surface area contributed by atoms with Crippen LogP contribution in [-0.2, 0) is 16.0 Å². The van der Waals surface area contributed by atoms with Gasteiger partial charge in [-0.15, -0.1) is 0 Å². The third kappa shape index (κ3) is 3.90. The SMILES string of the molecule is N[C@H](C(=O)NC(Cc1cnc[nH]1)C(=O)O)c1ccccc1. The number of H-pyrrole nitrogens is 1. The highest BCUT2D eigenvalue weighted by Crippen LogP contribution is 2.10. The van der Waals surface area contributed by atoms with Crippen LogP contribution in [0.5, 0.6) is 0 Å². The number of nitrogens with one attached hydrogen (secondary N) is 2. The van der Waals surface area contributed by atoms with Gasteiger partial charge in [-0.1, -0.05) is 30.3 Å². The fourth-order valence-corrected chi connectivity index (χ4v) is 1.89. The van der Waals surface area contributed by atoms with Crippen LogP contribution in [0.4, 0.5) is 0 Å². The van der Waals surface area contributed by atoms with Crippen molar-refractivity contribution in [3.05, 3.63) is 54.1 Å². The van der Waals surface area contributed by atoms with Crippen molar-refractivity contribution < 1.29 is 14.7 Å². The molecule has 0 saturated heterocycles. The molecule has 5 N–H and O–H groups in total. The van der Waals surface area contributed by atoms with Crippen molar-refractivity contribution in [1.82, 2.24) is 15.3 Å². The third-order valence-electron chi connectivity index (χ3n) is 3.03. The average Bonchev–Trinajstić information content (AvgIpc) is 2.99. The Morgan fingerprint density at radius 2 is 2.05 bits per heavy atom. The van der Waals surface area contributed by atoms with Crippen molar-refractivity contribution in [2.24, 2.45) is 5.73 Å². The molecule has 1 unspecified atom stereocenters. The number of carboxylic acid groups (broad SMARTS) is 1. The molecule has 1 heterocycles. The van der Waals surface area contributed by atoms with E-state index in [0.717, 1.165) is 0 Å². The van der Waals surface area contributed by atoms with Crippen molar-refractivity contribution in [1.29, 1.82) is 0 Å². The monoisotopic (exact) mass is 288 g/mol. The fraction of sp³-hybridized carbons (Fsp3) is 0.214. The largest absolute Gasteiger partial charge is 0.480 e. The van der Waals surface area contributed by atoms with Crippen molar-refractivity contribution in [3.63, 3.8) is 0 Å². The molecule has 110 valence electrons. The lowest BCUT2D eigenvalue weighted by atomic mass is 10.1. The first-order valence-corrected chi connectivity index (χ1v) is 6.39. The molecule has 7 heteroatoms. The van der Waals surface area contributed by atoms with E-state index in [1.165, 1.54) is 12.5 Å². The predicted octanol–water partition coefficient (Wildman–Crippen LogP) is 0.222. The van der Waals surface area contributed by atoms with E-state index in [1.807, 2.05) is 6.07 Å². The predicted molar refractivity (Wildman–Crippen MR) is 75.2 cm³/mol. The number of carbonyl (C=O) groups is 2. The van der Waals surface area contributed by atoms with Gasteiger partial charge in [0.25, 0.3) is 0 Å². The first kappa shape index (κ1) is 14.7. The summed E-state index contributed by atoms with van der Waals surface area (Å²) in [5, 5.41) is 11.6. The first-order chi connectivity index (χ1) is 10.1. The van der Waals surface area contributed by atoms with Gasteiger partial charge in [-0.05, 0) is 5.56 Å². The van der Waals surface area contributed by atoms with Gasteiger partial charge in [0.2, 0.25) is 5.91 Å². The summed E-state index contributed by atoms with van der Waals surface area (Å²) in [6.07, 6.45) is 3.08. The van der Waals surface area contributed by atoms with Crippen LogP contribution in [0.3, 0.4) is 0 Å². The van der Waals surface area contributed by atoms with Crippen molar-refractivity contribution >= 4 is 11.9 Å². The van der Waals surface area contributed by atoms with E-state index >= 15 is 0 Å². The van der Waals surface area contributed by atoms with Crippen LogP contribution in [0, 0.1) is 0 Å². The molecule has 1 aromatic heterocycles. The van der Waals surface area contributed by atoms with Gasteiger partial charge >= 0.3 is 5.97 Å². The number of rotatable bonds is 6. The second-order valence-electron chi connectivity index (χ2n) is 4.57. The lowest BCUT2D eigenvalue weighted by molar-refractivity contribution is -0.142. The van der Waals surface area contributed by atoms with Crippen LogP contribution in [0.15, 0.2) is 42.9 Å². The molecule has 1 aromatic carbocycles. The van der Waals surface area contributed by atoms with E-state index in [0.29, 0.717) is 11.3 Å². The van der Waals surface area contributed by atoms with Crippen LogP contribution >= 0.6 is 0 Å². The summed E-state index contributed by atoms with van der Waals surface area (Å²) in [4.78, 5) is 29.9. The Hall–Kier alpha value is -2.67. The van der Waals surface area contributed by atoms with E-state index < -0.39 is 24.0 Å². The molecule has 2 rings (SSSR count). The van der Waals surface area contributed by atoms with E-state index in [2.05, 4.69) is 15.3 Å². The summed E-state index contributed by atoms with van der Waals surface area (Å²) < 4.78 is 0. The summed E-state index contributed by atoms with van der Waals surface area (Å²) in [7, 11) is 0. The van der Waals surface area contributed by atoms with Crippen LogP contribution < -0.4 is 11.1 Å². The Morgan fingerprint density at radius 3 is 2.62 bits per heavy atom. The lowest BCUT2D eigenvalue weighted by Crippen LogP contribution is -2.46. The van der Waals surface area contributed by atoms with E-state index in [-0.39, 0.29) is 6.42 Å². The molecule has 1 amide bonds. The van der Waals surface area contributed by atoms with Gasteiger partial charge in [0.15, 0.2) is 0 Å². The maximum absolute atomic E-state index is 12.1. The lowest BCUT2D eigenvalue weighted by Gasteiger charge is -2.17. The zero-order valence-corrected chi connectivity index (χ0v) is 11.2. The van der Waals surface area contributed by atoms with Crippen molar-refractivity contribution in [2.75, 3.05) is 0 Å². The molecule has 0 bridgehead atoms. The molecular weight excluding hydrogens is 272 g/mol. The number of carboxylic acids is 1. The second-order valence-corrected chi connectivity index (χ2v) is 4.57. The molecule has 0 aliphatic rings. The number of aliphatic carboxylic acids is 1. The number of nitrogens with two attached hydrogens (primary N) is 1. The summed E-state index contributed by atoms with van der Waals surface area (Å²) in [5.74, 6) is -1.66. The van der Waals surface area contributed by atoms with Gasteiger partial charge in [-0.3, -0.25) is 4.79 Å². The molecule has 0 saturated carbocycles. The van der Waals surface area contributed by atoms with Crippen molar-refractivity contribution in [3.8, 4) is 0 Å². The highest BCUT2D eigenvalue weighted by Gasteiger charge is 2.24. The minimum Gasteiger partial charge on any atom is -0.480 e. The number of imidazole rings is 1. The minimum atomic E-state index is -1.13. The third-order valence-corrected chi connectivity index (χ3v) is 3.03. The number of carbonyl (C=O) groups excluding carboxylic acids is 1. The molecule has 2 aromatic rings. The highest BCUT2D eigenvalue weighted by atomic mass is 16.4. The van der Waals surface area contributed by atoms with Crippen molar-refractivity contribution in [2.45, 2.75) is 18.5 Å². The number of hydrogen-bond acceptors (Lipinski definition) is 4. The Labute approximate surface area is 121 Å². The number of aromatic nitrogens is 2. The number of nitrogens with zero attached hydrogens (tertiary/aromatic N) is 1. The quantitative estimate of drug-likeness (QED) is 0.606. The normalized spacial score (nSPS) is 13.4. The summed E-state index contributed by atoms with van der Waals surface area (Å²) >= 11 is 0. The number of benzene rings is 1. The maximum Gasteiger partial charge on any atom is 0.326 e. The molecule has 0 aliphatic carbocycles. The molecule has 21 heavy (non-hydrogen) atoms. The van der Waals surface area contributed by atoms with E-state index in [4.69, 9.17) is 5.73 Å². The Morgan fingerprint density at radius 1 is 1.33 bits per heavy atom. The van der Waals surface area contributed by atoms with Gasteiger partial charge in [0.1, 0.15) is 12.1 Å². The van der Waals surface area contributed by atoms with Crippen LogP contribution in [-0.4, -0.2) is 33.0 Å². The number of hydrogen-bond donors (Lipinski definition) is 4. The first-order valence-electron chi connectivity index (χ1n) is 6.39. The smallest absolute Gasteiger partial charge is 0.326 e. The Balaban J connectivity index is 2.03. The summed E-state index contributed by atoms with van der Waals surface area (Å²) in [6.45, 7) is 0. The molecule has 0 aliphatic heterocycles. The molecular formula is C14H16N4O3. The van der Waals surface area contributed by atoms with Crippen LogP contribution in [0.2, 0.25) is 0 Å². The van der Waals surface area contributed by atoms with Gasteiger partial charge < -0.3 is 21.1 Å². The Kier molecular flexibility index (Phi) is 4.68. The van der Waals surface area contributed by atoms with E-state index in [1.54, 1.807) is 24.3 Å². The molecule has 2 atom stereocenters. The molecule has 0 spiro atoms. The average molecular weight is 288 g/mol. The minimum absolute atomic E-state index is 0.114. The number of aromatic amines is 1. The summed E-state index contributed by atoms with van der Waals surface area (Å²) in [6, 6.07) is 6.81. The highest BCUT2D eigenvalue weighted by molar-refractivity contribution is 5.87. The van der Waals surface area contributed by atoms with Gasteiger partial charge in [0, 0.05) is 18.3 Å².